The minimum atomic E-state index is -1.26. The average Bonchev–Trinajstić information content (AvgIpc) is 3.89. The Hall–Kier alpha value is -5.39. The van der Waals surface area contributed by atoms with Gasteiger partial charge in [0.05, 0.1) is 33.7 Å². The number of carbonyl (C=O) groups is 5. The molecule has 0 aliphatic carbocycles. The second-order valence-corrected chi connectivity index (χ2v) is 16.2. The van der Waals surface area contributed by atoms with Crippen LogP contribution in [0.15, 0.2) is 77.8 Å². The Labute approximate surface area is 346 Å². The maximum absolute atomic E-state index is 14.2. The predicted octanol–water partition coefficient (Wildman–Crippen LogP) is 5.56. The Kier molecular flexibility index (Phi) is 18.1. The van der Waals surface area contributed by atoms with E-state index in [2.05, 4.69) is 39.8 Å². The summed E-state index contributed by atoms with van der Waals surface area (Å²) in [4.78, 5) is 76.1. The van der Waals surface area contributed by atoms with Crippen molar-refractivity contribution >= 4 is 52.6 Å². The first-order valence-electron chi connectivity index (χ1n) is 18.9. The number of carboxylic acids is 1. The molecule has 4 amide bonds. The maximum atomic E-state index is 14.2. The number of aromatic nitrogens is 2. The van der Waals surface area contributed by atoms with Gasteiger partial charge in [-0.3, -0.25) is 9.78 Å². The van der Waals surface area contributed by atoms with Gasteiger partial charge in [-0.2, -0.15) is 0 Å². The van der Waals surface area contributed by atoms with E-state index in [1.807, 2.05) is 79.9 Å². The number of benzene rings is 2. The third kappa shape index (κ3) is 15.5. The van der Waals surface area contributed by atoms with Crippen LogP contribution >= 0.6 is 22.7 Å². The number of aliphatic carboxylic acids is 1. The van der Waals surface area contributed by atoms with Gasteiger partial charge in [-0.15, -0.1) is 22.7 Å². The van der Waals surface area contributed by atoms with E-state index in [9.17, 15) is 24.0 Å². The van der Waals surface area contributed by atoms with Crippen molar-refractivity contribution in [2.45, 2.75) is 90.3 Å². The number of amides is 4. The van der Waals surface area contributed by atoms with Crippen LogP contribution in [0.3, 0.4) is 0 Å². The van der Waals surface area contributed by atoms with Gasteiger partial charge in [0.15, 0.2) is 0 Å². The zero-order chi connectivity index (χ0) is 42.0. The fourth-order valence-corrected chi connectivity index (χ4v) is 7.25. The minimum absolute atomic E-state index is 0.00138. The third-order valence-electron chi connectivity index (χ3n) is 8.83. The number of thiazole rings is 2. The molecule has 312 valence electrons. The number of hydrogen-bond acceptors (Lipinski definition) is 12. The van der Waals surface area contributed by atoms with Gasteiger partial charge in [0.25, 0.3) is 0 Å². The van der Waals surface area contributed by atoms with Crippen LogP contribution < -0.4 is 16.0 Å². The van der Waals surface area contributed by atoms with Crippen molar-refractivity contribution < 1.29 is 43.3 Å². The van der Waals surface area contributed by atoms with Gasteiger partial charge in [-0.25, -0.2) is 24.2 Å². The first kappa shape index (κ1) is 45.3. The molecule has 0 fully saturated rings. The van der Waals surface area contributed by atoms with E-state index in [4.69, 9.17) is 19.3 Å². The minimum Gasteiger partial charge on any atom is -0.480 e. The molecule has 2 heterocycles. The van der Waals surface area contributed by atoms with Crippen LogP contribution in [-0.4, -0.2) is 94.4 Å². The van der Waals surface area contributed by atoms with Crippen LogP contribution in [-0.2, 0) is 54.6 Å². The second-order valence-electron chi connectivity index (χ2n) is 14.4. The zero-order valence-corrected chi connectivity index (χ0v) is 34.9. The van der Waals surface area contributed by atoms with E-state index in [1.54, 1.807) is 18.8 Å². The lowest BCUT2D eigenvalue weighted by molar-refractivity contribution is -0.158. The molecule has 0 radical (unpaired) electrons. The van der Waals surface area contributed by atoms with Gasteiger partial charge in [0, 0.05) is 37.0 Å². The first-order chi connectivity index (χ1) is 27.8. The van der Waals surface area contributed by atoms with Crippen LogP contribution in [0.1, 0.15) is 66.7 Å². The Balaban J connectivity index is 1.60. The van der Waals surface area contributed by atoms with E-state index >= 15 is 0 Å². The van der Waals surface area contributed by atoms with Gasteiger partial charge >= 0.3 is 24.1 Å². The van der Waals surface area contributed by atoms with Gasteiger partial charge in [0.2, 0.25) is 5.91 Å². The van der Waals surface area contributed by atoms with Crippen molar-refractivity contribution in [2.75, 3.05) is 20.3 Å². The number of esters is 1. The lowest BCUT2D eigenvalue weighted by atomic mass is 9.92. The Bertz CT molecular complexity index is 1890. The van der Waals surface area contributed by atoms with Crippen LogP contribution in [0, 0.1) is 5.92 Å². The Morgan fingerprint density at radius 2 is 1.53 bits per heavy atom. The predicted molar refractivity (Wildman–Crippen MR) is 219 cm³/mol. The molecule has 4 aromatic rings. The number of hydrogen-bond donors (Lipinski definition) is 4. The summed E-state index contributed by atoms with van der Waals surface area (Å²) in [6.45, 7) is 6.59. The Morgan fingerprint density at radius 1 is 0.862 bits per heavy atom. The van der Waals surface area contributed by atoms with E-state index in [0.29, 0.717) is 6.42 Å². The van der Waals surface area contributed by atoms with Crippen molar-refractivity contribution in [1.29, 1.82) is 0 Å². The second kappa shape index (κ2) is 23.1. The van der Waals surface area contributed by atoms with Crippen LogP contribution in [0.2, 0.25) is 0 Å². The normalized spacial score (nSPS) is 13.2. The molecule has 0 saturated carbocycles. The van der Waals surface area contributed by atoms with Gasteiger partial charge < -0.3 is 40.2 Å². The summed E-state index contributed by atoms with van der Waals surface area (Å²) in [7, 11) is 1.64. The monoisotopic (exact) mass is 836 g/mol. The largest absolute Gasteiger partial charge is 0.480 e. The lowest BCUT2D eigenvalue weighted by Crippen LogP contribution is -2.56. The quantitative estimate of drug-likeness (QED) is 0.0724. The van der Waals surface area contributed by atoms with Crippen molar-refractivity contribution in [1.82, 2.24) is 30.8 Å². The molecule has 58 heavy (non-hydrogen) atoms. The molecule has 0 unspecified atom stereocenters. The number of rotatable bonds is 22. The van der Waals surface area contributed by atoms with Gasteiger partial charge in [0.1, 0.15) is 32.0 Å². The molecule has 0 bridgehead atoms. The highest BCUT2D eigenvalue weighted by atomic mass is 32.1. The summed E-state index contributed by atoms with van der Waals surface area (Å²) in [5.74, 6) is -2.65. The number of carbonyl (C=O) groups excluding carboxylic acids is 4. The molecule has 4 atom stereocenters. The summed E-state index contributed by atoms with van der Waals surface area (Å²) in [5.41, 5.74) is 4.05. The molecular formula is C41H52N6O9S2. The molecule has 4 N–H and O–H groups in total. The van der Waals surface area contributed by atoms with Crippen LogP contribution in [0.4, 0.5) is 9.59 Å². The SMILES string of the molecule is CC(C)c1nc(CN(C)C(=O)N[C@H](C(=O)N[C@@H](Cc2ccccc2)C[C@H](OC(=O)COCC(=O)O)[C@H](Cc2ccccc2)NC(=O)OCc2cncs2)C(C)C)cs1. The highest BCUT2D eigenvalue weighted by Gasteiger charge is 2.34. The van der Waals surface area contributed by atoms with Crippen LogP contribution in [0.25, 0.3) is 0 Å². The molecule has 0 saturated heterocycles. The van der Waals surface area contributed by atoms with Crippen LogP contribution in [0.5, 0.6) is 0 Å². The molecule has 0 spiro atoms. The smallest absolute Gasteiger partial charge is 0.407 e. The number of carboxylic acid groups (broad SMARTS) is 1. The molecular weight excluding hydrogens is 785 g/mol. The highest BCUT2D eigenvalue weighted by Crippen LogP contribution is 2.21. The molecule has 2 aromatic carbocycles. The summed E-state index contributed by atoms with van der Waals surface area (Å²) >= 11 is 2.86. The maximum Gasteiger partial charge on any atom is 0.407 e. The molecule has 17 heteroatoms. The molecule has 15 nitrogen and oxygen atoms in total. The van der Waals surface area contributed by atoms with E-state index in [0.717, 1.165) is 26.7 Å². The molecule has 0 aliphatic rings. The molecule has 2 aromatic heterocycles. The highest BCUT2D eigenvalue weighted by molar-refractivity contribution is 7.09. The summed E-state index contributed by atoms with van der Waals surface area (Å²) < 4.78 is 16.5. The van der Waals surface area contributed by atoms with Crippen molar-refractivity contribution in [3.05, 3.63) is 104 Å². The van der Waals surface area contributed by atoms with E-state index in [1.165, 1.54) is 27.6 Å². The third-order valence-corrected chi connectivity index (χ3v) is 10.8. The molecule has 4 rings (SSSR count). The van der Waals surface area contributed by atoms with E-state index in [-0.39, 0.29) is 37.8 Å². The number of alkyl carbamates (subject to hydrolysis) is 1. The topological polar surface area (TPSA) is 198 Å². The summed E-state index contributed by atoms with van der Waals surface area (Å²) in [6.07, 6.45) is 0.227. The number of nitrogens with zero attached hydrogens (tertiary/aromatic N) is 3. The number of ether oxygens (including phenoxy) is 3. The summed E-state index contributed by atoms with van der Waals surface area (Å²) in [5, 5.41) is 20.8. The van der Waals surface area contributed by atoms with E-state index < -0.39 is 67.4 Å². The van der Waals surface area contributed by atoms with Crippen molar-refractivity contribution in [3.8, 4) is 0 Å². The zero-order valence-electron chi connectivity index (χ0n) is 33.3. The Morgan fingerprint density at radius 3 is 2.12 bits per heavy atom. The average molecular weight is 837 g/mol. The van der Waals surface area contributed by atoms with Gasteiger partial charge in [-0.1, -0.05) is 88.4 Å². The lowest BCUT2D eigenvalue weighted by Gasteiger charge is -2.32. The fraction of sp³-hybridized carbons (Fsp3) is 0.439. The van der Waals surface area contributed by atoms with Crippen molar-refractivity contribution in [3.63, 3.8) is 0 Å². The number of nitrogens with one attached hydrogen (secondary N) is 3. The summed E-state index contributed by atoms with van der Waals surface area (Å²) in [6, 6.07) is 15.7. The first-order valence-corrected chi connectivity index (χ1v) is 20.7. The van der Waals surface area contributed by atoms with Crippen molar-refractivity contribution in [2.24, 2.45) is 5.92 Å². The van der Waals surface area contributed by atoms with Gasteiger partial charge in [-0.05, 0) is 29.9 Å². The molecule has 0 aliphatic heterocycles. The fourth-order valence-electron chi connectivity index (χ4n) is 5.92. The standard InChI is InChI=1S/C41H52N6O9S2/c1-26(2)37(46-40(52)47(5)20-31-24-57-39(44-31)27(3)4)38(51)43-30(16-28-12-8-6-9-13-28)18-34(56-36(50)23-54-22-35(48)49)33(17-29-14-10-7-11-15-29)45-41(53)55-21-32-19-42-25-58-32/h6-15,19,24-27,30,33-34,37H,16-18,20-23H2,1-5H3,(H,43,51)(H,45,53)(H,46,52)(H,48,49)/t30-,33-,34-,37-/m0/s1. The number of urea groups is 1.